The summed E-state index contributed by atoms with van der Waals surface area (Å²) in [6.45, 7) is 4.77. The third kappa shape index (κ3) is 6.49. The maximum Gasteiger partial charge on any atom is 0.337 e. The van der Waals surface area contributed by atoms with Crippen LogP contribution < -0.4 is 5.48 Å². The van der Waals surface area contributed by atoms with Gasteiger partial charge in [0.2, 0.25) is 0 Å². The van der Waals surface area contributed by atoms with Crippen molar-refractivity contribution in [3.8, 4) is 5.88 Å². The molecule has 1 aliphatic rings. The van der Waals surface area contributed by atoms with Gasteiger partial charge in [0, 0.05) is 55.3 Å². The molecule has 2 heterocycles. The van der Waals surface area contributed by atoms with E-state index in [-0.39, 0.29) is 23.7 Å². The van der Waals surface area contributed by atoms with Gasteiger partial charge in [0.1, 0.15) is 5.82 Å². The first-order valence-corrected chi connectivity index (χ1v) is 13.5. The van der Waals surface area contributed by atoms with E-state index in [1.807, 2.05) is 30.3 Å². The van der Waals surface area contributed by atoms with E-state index in [9.17, 15) is 14.7 Å². The van der Waals surface area contributed by atoms with E-state index < -0.39 is 17.7 Å². The number of H-pyrrole nitrogens is 1. The summed E-state index contributed by atoms with van der Waals surface area (Å²) in [7, 11) is 3.37. The molecular formula is C31H32FN5O5. The van der Waals surface area contributed by atoms with E-state index in [1.54, 1.807) is 18.2 Å². The molecule has 0 radical (unpaired) electrons. The van der Waals surface area contributed by atoms with Crippen LogP contribution in [0, 0.1) is 5.82 Å². The molecular weight excluding hydrogens is 541 g/mol. The van der Waals surface area contributed by atoms with Gasteiger partial charge in [-0.3, -0.25) is 14.5 Å². The van der Waals surface area contributed by atoms with Gasteiger partial charge in [0.25, 0.3) is 5.91 Å². The Labute approximate surface area is 242 Å². The third-order valence-electron chi connectivity index (χ3n) is 7.19. The average molecular weight is 574 g/mol. The predicted octanol–water partition coefficient (Wildman–Crippen LogP) is 3.88. The summed E-state index contributed by atoms with van der Waals surface area (Å²) >= 11 is 0. The Morgan fingerprint density at radius 2 is 1.79 bits per heavy atom. The number of hydrogen-bond donors (Lipinski definition) is 3. The Morgan fingerprint density at radius 3 is 2.50 bits per heavy atom. The number of hydroxylamine groups is 1. The molecule has 5 rings (SSSR count). The highest BCUT2D eigenvalue weighted by Crippen LogP contribution is 2.32. The summed E-state index contributed by atoms with van der Waals surface area (Å²) in [5.41, 5.74) is 4.60. The number of rotatable bonds is 9. The van der Waals surface area contributed by atoms with Crippen molar-refractivity contribution in [2.45, 2.75) is 0 Å². The van der Waals surface area contributed by atoms with E-state index >= 15 is 4.39 Å². The smallest absolute Gasteiger partial charge is 0.337 e. The maximum absolute atomic E-state index is 15.1. The molecule has 3 aromatic carbocycles. The van der Waals surface area contributed by atoms with Crippen molar-refractivity contribution in [1.82, 2.24) is 20.3 Å². The van der Waals surface area contributed by atoms with Gasteiger partial charge in [-0.05, 0) is 31.3 Å². The van der Waals surface area contributed by atoms with Gasteiger partial charge in [0.15, 0.2) is 5.88 Å². The summed E-state index contributed by atoms with van der Waals surface area (Å²) in [6, 6.07) is 18.0. The number of nitrogens with zero attached hydrogens (tertiary/aromatic N) is 3. The van der Waals surface area contributed by atoms with Crippen LogP contribution in [0.5, 0.6) is 5.88 Å². The molecule has 218 valence electrons. The van der Waals surface area contributed by atoms with E-state index in [1.165, 1.54) is 19.2 Å². The zero-order chi connectivity index (χ0) is 29.6. The highest BCUT2D eigenvalue weighted by atomic mass is 19.1. The number of aromatic nitrogens is 1. The minimum atomic E-state index is -0.769. The van der Waals surface area contributed by atoms with E-state index in [0.29, 0.717) is 39.8 Å². The first kappa shape index (κ1) is 28.9. The van der Waals surface area contributed by atoms with Crippen molar-refractivity contribution < 1.29 is 28.7 Å². The number of piperazine rings is 1. The second-order valence-electron chi connectivity index (χ2n) is 10.0. The average Bonchev–Trinajstić information content (AvgIpc) is 3.33. The molecule has 3 N–H and O–H groups in total. The van der Waals surface area contributed by atoms with Crippen LogP contribution in [0.4, 0.5) is 10.1 Å². The van der Waals surface area contributed by atoms with Crippen LogP contribution in [0.15, 0.2) is 71.7 Å². The highest BCUT2D eigenvalue weighted by molar-refractivity contribution is 6.22. The number of ether oxygens (including phenoxy) is 1. The topological polar surface area (TPSA) is 119 Å². The van der Waals surface area contributed by atoms with Crippen LogP contribution in [0.2, 0.25) is 0 Å². The first-order chi connectivity index (χ1) is 20.3. The Hall–Kier alpha value is -4.58. The normalized spacial score (nSPS) is 14.7. The number of fused-ring (bicyclic) bond motifs is 1. The lowest BCUT2D eigenvalue weighted by Gasteiger charge is -2.32. The number of halogens is 1. The molecule has 0 atom stereocenters. The van der Waals surface area contributed by atoms with Crippen molar-refractivity contribution in [2.24, 2.45) is 4.99 Å². The fourth-order valence-corrected chi connectivity index (χ4v) is 4.83. The molecule has 0 spiro atoms. The van der Waals surface area contributed by atoms with Crippen LogP contribution in [-0.4, -0.2) is 91.0 Å². The van der Waals surface area contributed by atoms with Crippen molar-refractivity contribution in [3.05, 3.63) is 94.8 Å². The van der Waals surface area contributed by atoms with Crippen LogP contribution in [0.25, 0.3) is 10.9 Å². The molecule has 1 aromatic heterocycles. The lowest BCUT2D eigenvalue weighted by atomic mass is 10.00. The molecule has 0 aliphatic carbocycles. The van der Waals surface area contributed by atoms with Crippen molar-refractivity contribution >= 4 is 34.2 Å². The van der Waals surface area contributed by atoms with Gasteiger partial charge in [-0.2, -0.15) is 0 Å². The van der Waals surface area contributed by atoms with Gasteiger partial charge in [-0.1, -0.05) is 36.4 Å². The van der Waals surface area contributed by atoms with Crippen molar-refractivity contribution in [2.75, 3.05) is 53.5 Å². The van der Waals surface area contributed by atoms with Gasteiger partial charge in [-0.25, -0.2) is 19.7 Å². The van der Waals surface area contributed by atoms with Crippen LogP contribution in [0.3, 0.4) is 0 Å². The van der Waals surface area contributed by atoms with Crippen LogP contribution in [-0.2, 0) is 9.57 Å². The second-order valence-corrected chi connectivity index (χ2v) is 10.0. The minimum Gasteiger partial charge on any atom is -0.494 e. The molecule has 1 saturated heterocycles. The molecule has 0 unspecified atom stereocenters. The molecule has 1 aliphatic heterocycles. The molecule has 1 fully saturated rings. The molecule has 1 amide bonds. The number of likely N-dealkylation sites (N-methyl/N-ethyl adjacent to an activating group) is 1. The maximum atomic E-state index is 15.1. The number of carbonyl (C=O) groups excluding carboxylic acids is 2. The molecule has 10 nitrogen and oxygen atoms in total. The standard InChI is InChI=1S/C31H32FN5O5/c1-36-12-14-37(15-13-36)16-17-42-35-29(38)23-11-9-22(19-25(23)32)33-28(20-6-4-3-5-7-20)27-24-10-8-21(31(40)41-2)18-26(24)34-30(27)39/h3-11,18-19,34,39H,12-17H2,1-2H3,(H,35,38). The zero-order valence-corrected chi connectivity index (χ0v) is 23.4. The minimum absolute atomic E-state index is 0.167. The number of esters is 1. The summed E-state index contributed by atoms with van der Waals surface area (Å²) in [5, 5.41) is 11.5. The number of aliphatic imine (C=N–C) groups is 1. The molecule has 11 heteroatoms. The van der Waals surface area contributed by atoms with E-state index in [0.717, 1.165) is 32.2 Å². The Morgan fingerprint density at radius 1 is 1.02 bits per heavy atom. The summed E-state index contributed by atoms with van der Waals surface area (Å²) in [5.74, 6) is -2.14. The van der Waals surface area contributed by atoms with Gasteiger partial charge >= 0.3 is 5.97 Å². The summed E-state index contributed by atoms with van der Waals surface area (Å²) < 4.78 is 19.9. The second kappa shape index (κ2) is 12.9. The fraction of sp³-hybridized carbons (Fsp3) is 0.258. The van der Waals surface area contributed by atoms with E-state index in [4.69, 9.17) is 9.57 Å². The molecule has 42 heavy (non-hydrogen) atoms. The number of carbonyl (C=O) groups is 2. The zero-order valence-electron chi connectivity index (χ0n) is 23.4. The SMILES string of the molecule is COC(=O)c1ccc2c(C(=Nc3ccc(C(=O)NOCCN4CCN(C)CC4)c(F)c3)c3ccccc3)c(O)[nH]c2c1. The number of amides is 1. The number of aromatic hydroxyl groups is 1. The lowest BCUT2D eigenvalue weighted by Crippen LogP contribution is -2.45. The summed E-state index contributed by atoms with van der Waals surface area (Å²) in [4.78, 5) is 42.0. The lowest BCUT2D eigenvalue weighted by molar-refractivity contribution is 0.0174. The fourth-order valence-electron chi connectivity index (χ4n) is 4.83. The number of nitrogens with one attached hydrogen (secondary N) is 2. The van der Waals surface area contributed by atoms with Gasteiger partial charge in [0.05, 0.1) is 41.8 Å². The highest BCUT2D eigenvalue weighted by Gasteiger charge is 2.21. The molecule has 0 bridgehead atoms. The van der Waals surface area contributed by atoms with Crippen LogP contribution in [0.1, 0.15) is 31.8 Å². The van der Waals surface area contributed by atoms with Crippen molar-refractivity contribution in [3.63, 3.8) is 0 Å². The Balaban J connectivity index is 1.37. The predicted molar refractivity (Wildman–Crippen MR) is 157 cm³/mol. The largest absolute Gasteiger partial charge is 0.494 e. The van der Waals surface area contributed by atoms with E-state index in [2.05, 4.69) is 32.3 Å². The molecule has 4 aromatic rings. The van der Waals surface area contributed by atoms with Gasteiger partial charge < -0.3 is 19.7 Å². The quantitative estimate of drug-likeness (QED) is 0.120. The number of aromatic amines is 1. The van der Waals surface area contributed by atoms with Crippen LogP contribution >= 0.6 is 0 Å². The third-order valence-corrected chi connectivity index (χ3v) is 7.19. The Kier molecular flexibility index (Phi) is 8.91. The Bertz CT molecular complexity index is 1610. The molecule has 0 saturated carbocycles. The first-order valence-electron chi connectivity index (χ1n) is 13.5. The number of methoxy groups -OCH3 is 1. The van der Waals surface area contributed by atoms with Crippen molar-refractivity contribution in [1.29, 1.82) is 0 Å². The monoisotopic (exact) mass is 573 g/mol. The summed E-state index contributed by atoms with van der Waals surface area (Å²) in [6.07, 6.45) is 0. The van der Waals surface area contributed by atoms with Gasteiger partial charge in [-0.15, -0.1) is 0 Å². The number of benzene rings is 3. The number of hydrogen-bond acceptors (Lipinski definition) is 8.